The number of ether oxygens (including phenoxy) is 3. The lowest BCUT2D eigenvalue weighted by molar-refractivity contribution is -0.163. The Balaban J connectivity index is 4.06. The van der Waals surface area contributed by atoms with Crippen molar-refractivity contribution in [3.8, 4) is 0 Å². The lowest BCUT2D eigenvalue weighted by Gasteiger charge is -2.18. The van der Waals surface area contributed by atoms with E-state index in [0.717, 1.165) is 38.5 Å². The maximum absolute atomic E-state index is 12.7. The molecule has 0 spiro atoms. The molecule has 0 rings (SSSR count). The van der Waals surface area contributed by atoms with Gasteiger partial charge >= 0.3 is 11.9 Å². The number of carbonyl (C=O) groups excluding carboxylic acids is 2. The van der Waals surface area contributed by atoms with E-state index < -0.39 is 6.10 Å². The van der Waals surface area contributed by atoms with Crippen molar-refractivity contribution in [2.75, 3.05) is 19.8 Å². The summed E-state index contributed by atoms with van der Waals surface area (Å²) in [6.45, 7) is 7.82. The Kier molecular flexibility index (Phi) is 42.9. The van der Waals surface area contributed by atoms with Gasteiger partial charge in [-0.25, -0.2) is 0 Å². The van der Waals surface area contributed by atoms with Gasteiger partial charge < -0.3 is 14.2 Å². The topological polar surface area (TPSA) is 61.8 Å². The minimum absolute atomic E-state index is 0.0904. The third-order valence-electron chi connectivity index (χ3n) is 10.3. The normalized spacial score (nSPS) is 12.1. The molecule has 0 aromatic carbocycles. The smallest absolute Gasteiger partial charge is 0.306 e. The van der Waals surface area contributed by atoms with Crippen LogP contribution in [0.15, 0.2) is 12.2 Å². The minimum Gasteiger partial charge on any atom is -0.462 e. The van der Waals surface area contributed by atoms with Gasteiger partial charge in [0.25, 0.3) is 0 Å². The van der Waals surface area contributed by atoms with Gasteiger partial charge in [0.1, 0.15) is 6.61 Å². The van der Waals surface area contributed by atoms with Crippen LogP contribution in [-0.4, -0.2) is 37.9 Å². The first kappa shape index (κ1) is 50.6. The quantitative estimate of drug-likeness (QED) is 0.0355. The molecule has 5 nitrogen and oxygen atoms in total. The molecule has 0 aliphatic rings. The Hall–Kier alpha value is -1.36. The predicted octanol–water partition coefficient (Wildman–Crippen LogP) is 15.1. The second kappa shape index (κ2) is 44.0. The molecule has 0 aromatic rings. The molecule has 0 saturated heterocycles. The highest BCUT2D eigenvalue weighted by molar-refractivity contribution is 5.70. The lowest BCUT2D eigenvalue weighted by Crippen LogP contribution is -2.30. The van der Waals surface area contributed by atoms with Crippen LogP contribution < -0.4 is 0 Å². The van der Waals surface area contributed by atoms with Gasteiger partial charge in [0.15, 0.2) is 6.10 Å². The van der Waals surface area contributed by atoms with Gasteiger partial charge in [-0.3, -0.25) is 9.59 Å². The van der Waals surface area contributed by atoms with Crippen LogP contribution in [0.4, 0.5) is 0 Å². The van der Waals surface area contributed by atoms with E-state index in [9.17, 15) is 9.59 Å². The Morgan fingerprint density at radius 1 is 0.404 bits per heavy atom. The minimum atomic E-state index is -0.524. The van der Waals surface area contributed by atoms with Crippen LogP contribution in [0.25, 0.3) is 0 Å². The molecular weight excluding hydrogens is 645 g/mol. The molecular formula is C47H90O5. The van der Waals surface area contributed by atoms with E-state index in [0.29, 0.717) is 26.1 Å². The monoisotopic (exact) mass is 735 g/mol. The van der Waals surface area contributed by atoms with Crippen molar-refractivity contribution >= 4 is 11.9 Å². The molecule has 1 unspecified atom stereocenters. The van der Waals surface area contributed by atoms with Crippen LogP contribution in [0, 0.1) is 0 Å². The molecule has 0 bridgehead atoms. The average Bonchev–Trinajstić information content (AvgIpc) is 3.14. The summed E-state index contributed by atoms with van der Waals surface area (Å²) in [5, 5.41) is 0. The Morgan fingerprint density at radius 3 is 1.17 bits per heavy atom. The molecule has 0 N–H and O–H groups in total. The van der Waals surface area contributed by atoms with Crippen molar-refractivity contribution in [2.24, 2.45) is 0 Å². The maximum Gasteiger partial charge on any atom is 0.306 e. The number of unbranched alkanes of at least 4 members (excludes halogenated alkanes) is 30. The van der Waals surface area contributed by atoms with E-state index in [2.05, 4.69) is 32.9 Å². The molecule has 52 heavy (non-hydrogen) atoms. The third kappa shape index (κ3) is 41.4. The zero-order valence-corrected chi connectivity index (χ0v) is 35.4. The summed E-state index contributed by atoms with van der Waals surface area (Å²) in [7, 11) is 0. The molecule has 0 saturated carbocycles. The SMILES string of the molecule is CCCCCCCC/C=C\CCCCCCCCCC(=O)OCC(COCCCCCCCC)OC(=O)CCCCCCCCCCCCCCC. The first-order valence-corrected chi connectivity index (χ1v) is 23.2. The first-order chi connectivity index (χ1) is 25.6. The third-order valence-corrected chi connectivity index (χ3v) is 10.3. The summed E-state index contributed by atoms with van der Waals surface area (Å²) in [6.07, 6.45) is 47.9. The molecule has 0 heterocycles. The summed E-state index contributed by atoms with van der Waals surface area (Å²) in [6, 6.07) is 0. The number of hydrogen-bond donors (Lipinski definition) is 0. The summed E-state index contributed by atoms with van der Waals surface area (Å²) in [5.41, 5.74) is 0. The lowest BCUT2D eigenvalue weighted by atomic mass is 10.0. The van der Waals surface area contributed by atoms with Gasteiger partial charge in [0.05, 0.1) is 6.61 Å². The number of hydrogen-bond acceptors (Lipinski definition) is 5. The number of carbonyl (C=O) groups is 2. The second-order valence-corrected chi connectivity index (χ2v) is 15.7. The van der Waals surface area contributed by atoms with Gasteiger partial charge in [-0.05, 0) is 44.9 Å². The Labute approximate surface area is 325 Å². The molecule has 0 aromatic heterocycles. The van der Waals surface area contributed by atoms with Crippen LogP contribution >= 0.6 is 0 Å². The van der Waals surface area contributed by atoms with E-state index in [4.69, 9.17) is 14.2 Å². The van der Waals surface area contributed by atoms with Crippen molar-refractivity contribution < 1.29 is 23.8 Å². The summed E-state index contributed by atoms with van der Waals surface area (Å²) >= 11 is 0. The molecule has 308 valence electrons. The summed E-state index contributed by atoms with van der Waals surface area (Å²) in [4.78, 5) is 25.2. The van der Waals surface area contributed by atoms with Gasteiger partial charge in [-0.15, -0.1) is 0 Å². The van der Waals surface area contributed by atoms with E-state index in [1.165, 1.54) is 180 Å². The zero-order valence-electron chi connectivity index (χ0n) is 35.4. The number of allylic oxidation sites excluding steroid dienone is 2. The van der Waals surface area contributed by atoms with E-state index in [-0.39, 0.29) is 18.5 Å². The standard InChI is InChI=1S/C47H90O5/c1-4-7-10-13-16-18-20-22-23-24-25-27-28-30-32-34-37-40-46(48)51-44-45(43-50-42-39-36-15-12-9-6-3)52-47(49)41-38-35-33-31-29-26-21-19-17-14-11-8-5-2/h22-23,45H,4-21,24-44H2,1-3H3/b23-22-. The second-order valence-electron chi connectivity index (χ2n) is 15.7. The summed E-state index contributed by atoms with van der Waals surface area (Å²) < 4.78 is 17.2. The molecule has 0 aliphatic heterocycles. The van der Waals surface area contributed by atoms with Crippen LogP contribution in [0.2, 0.25) is 0 Å². The van der Waals surface area contributed by atoms with E-state index >= 15 is 0 Å². The molecule has 0 aliphatic carbocycles. The molecule has 0 amide bonds. The fourth-order valence-corrected chi connectivity index (χ4v) is 6.80. The number of esters is 2. The largest absolute Gasteiger partial charge is 0.462 e. The van der Waals surface area contributed by atoms with Crippen LogP contribution in [0.1, 0.15) is 252 Å². The van der Waals surface area contributed by atoms with E-state index in [1.807, 2.05) is 0 Å². The molecule has 1 atom stereocenters. The van der Waals surface area contributed by atoms with Gasteiger partial charge in [-0.1, -0.05) is 206 Å². The van der Waals surface area contributed by atoms with Gasteiger partial charge in [-0.2, -0.15) is 0 Å². The fourth-order valence-electron chi connectivity index (χ4n) is 6.80. The van der Waals surface area contributed by atoms with Crippen molar-refractivity contribution in [2.45, 2.75) is 258 Å². The highest BCUT2D eigenvalue weighted by Gasteiger charge is 2.17. The zero-order chi connectivity index (χ0) is 37.8. The molecule has 5 heteroatoms. The first-order valence-electron chi connectivity index (χ1n) is 23.2. The van der Waals surface area contributed by atoms with Crippen LogP contribution in [0.5, 0.6) is 0 Å². The van der Waals surface area contributed by atoms with Crippen molar-refractivity contribution in [1.29, 1.82) is 0 Å². The van der Waals surface area contributed by atoms with Crippen molar-refractivity contribution in [3.05, 3.63) is 12.2 Å². The highest BCUT2D eigenvalue weighted by Crippen LogP contribution is 2.15. The van der Waals surface area contributed by atoms with Crippen molar-refractivity contribution in [1.82, 2.24) is 0 Å². The van der Waals surface area contributed by atoms with Gasteiger partial charge in [0, 0.05) is 19.4 Å². The highest BCUT2D eigenvalue weighted by atomic mass is 16.6. The molecule has 0 fully saturated rings. The maximum atomic E-state index is 12.7. The van der Waals surface area contributed by atoms with Crippen molar-refractivity contribution in [3.63, 3.8) is 0 Å². The Bertz CT molecular complexity index is 750. The fraction of sp³-hybridized carbons (Fsp3) is 0.915. The van der Waals surface area contributed by atoms with Crippen LogP contribution in [-0.2, 0) is 23.8 Å². The predicted molar refractivity (Wildman–Crippen MR) is 224 cm³/mol. The van der Waals surface area contributed by atoms with Crippen LogP contribution in [0.3, 0.4) is 0 Å². The van der Waals surface area contributed by atoms with E-state index in [1.54, 1.807) is 0 Å². The Morgan fingerprint density at radius 2 is 0.750 bits per heavy atom. The van der Waals surface area contributed by atoms with Gasteiger partial charge in [0.2, 0.25) is 0 Å². The molecule has 0 radical (unpaired) electrons. The summed E-state index contributed by atoms with van der Waals surface area (Å²) in [5.74, 6) is -0.391. The average molecular weight is 735 g/mol. The number of rotatable bonds is 43.